The molecule has 0 bridgehead atoms. The molecule has 1 N–H and O–H groups in total. The van der Waals surface area contributed by atoms with Crippen LogP contribution >= 0.6 is 15.9 Å². The molecule has 0 saturated carbocycles. The van der Waals surface area contributed by atoms with Crippen molar-refractivity contribution in [1.82, 2.24) is 0 Å². The SMILES string of the molecule is CC(C)(C)OC(=O)C[C@@H](CC(=O)O)c1ccc(Br)cc1. The van der Waals surface area contributed by atoms with Crippen molar-refractivity contribution in [1.29, 1.82) is 0 Å². The van der Waals surface area contributed by atoms with Gasteiger partial charge < -0.3 is 9.84 Å². The lowest BCUT2D eigenvalue weighted by Crippen LogP contribution is -2.25. The van der Waals surface area contributed by atoms with Gasteiger partial charge in [-0.15, -0.1) is 0 Å². The summed E-state index contributed by atoms with van der Waals surface area (Å²) in [6.45, 7) is 5.37. The molecule has 0 radical (unpaired) electrons. The van der Waals surface area contributed by atoms with Crippen molar-refractivity contribution in [2.75, 3.05) is 0 Å². The Morgan fingerprint density at radius 1 is 1.20 bits per heavy atom. The Hall–Kier alpha value is -1.36. The second kappa shape index (κ2) is 6.88. The van der Waals surface area contributed by atoms with Gasteiger partial charge in [0.15, 0.2) is 0 Å². The van der Waals surface area contributed by atoms with Crippen LogP contribution in [0.5, 0.6) is 0 Å². The Labute approximate surface area is 127 Å². The fourth-order valence-corrected chi connectivity index (χ4v) is 2.10. The summed E-state index contributed by atoms with van der Waals surface area (Å²) in [6, 6.07) is 7.31. The zero-order chi connectivity index (χ0) is 15.3. The molecular formula is C15H19BrO4. The Bertz CT molecular complexity index is 474. The van der Waals surface area contributed by atoms with Gasteiger partial charge >= 0.3 is 11.9 Å². The van der Waals surface area contributed by atoms with Crippen LogP contribution in [-0.4, -0.2) is 22.6 Å². The molecule has 4 nitrogen and oxygen atoms in total. The highest BCUT2D eigenvalue weighted by molar-refractivity contribution is 9.10. The summed E-state index contributed by atoms with van der Waals surface area (Å²) in [5, 5.41) is 8.98. The summed E-state index contributed by atoms with van der Waals surface area (Å²) in [4.78, 5) is 22.8. The molecule has 110 valence electrons. The van der Waals surface area contributed by atoms with E-state index in [0.717, 1.165) is 10.0 Å². The maximum absolute atomic E-state index is 11.9. The van der Waals surface area contributed by atoms with Crippen LogP contribution in [0.15, 0.2) is 28.7 Å². The number of halogens is 1. The van der Waals surface area contributed by atoms with E-state index >= 15 is 0 Å². The lowest BCUT2D eigenvalue weighted by molar-refractivity contribution is -0.155. The zero-order valence-corrected chi connectivity index (χ0v) is 13.4. The standard InChI is InChI=1S/C15H19BrO4/c1-15(2,3)20-14(19)9-11(8-13(17)18)10-4-6-12(16)7-5-10/h4-7,11H,8-9H2,1-3H3,(H,17,18)/t11-/m1/s1. The molecule has 0 aliphatic carbocycles. The third kappa shape index (κ3) is 6.19. The summed E-state index contributed by atoms with van der Waals surface area (Å²) < 4.78 is 6.16. The van der Waals surface area contributed by atoms with Gasteiger partial charge in [0.1, 0.15) is 5.60 Å². The highest BCUT2D eigenvalue weighted by Gasteiger charge is 2.23. The molecule has 20 heavy (non-hydrogen) atoms. The Balaban J connectivity index is 2.82. The minimum Gasteiger partial charge on any atom is -0.481 e. The van der Waals surface area contributed by atoms with Gasteiger partial charge in [-0.05, 0) is 38.5 Å². The van der Waals surface area contributed by atoms with Crippen molar-refractivity contribution in [3.05, 3.63) is 34.3 Å². The molecule has 1 atom stereocenters. The third-order valence-electron chi connectivity index (χ3n) is 2.60. The van der Waals surface area contributed by atoms with Gasteiger partial charge in [0, 0.05) is 10.4 Å². The third-order valence-corrected chi connectivity index (χ3v) is 3.12. The first-order chi connectivity index (χ1) is 9.17. The van der Waals surface area contributed by atoms with E-state index in [1.54, 1.807) is 20.8 Å². The molecule has 1 aromatic rings. The molecule has 0 fully saturated rings. The van der Waals surface area contributed by atoms with E-state index in [-0.39, 0.29) is 24.7 Å². The van der Waals surface area contributed by atoms with Crippen LogP contribution in [0, 0.1) is 0 Å². The average molecular weight is 343 g/mol. The Kier molecular flexibility index (Phi) is 5.74. The fourth-order valence-electron chi connectivity index (χ4n) is 1.84. The first-order valence-corrected chi connectivity index (χ1v) is 7.16. The molecule has 1 rings (SSSR count). The molecule has 5 heteroatoms. The van der Waals surface area contributed by atoms with Crippen LogP contribution in [0.25, 0.3) is 0 Å². The largest absolute Gasteiger partial charge is 0.481 e. The number of rotatable bonds is 5. The molecule has 0 saturated heterocycles. The normalized spacial score (nSPS) is 12.8. The molecule has 0 spiro atoms. The van der Waals surface area contributed by atoms with Gasteiger partial charge in [-0.2, -0.15) is 0 Å². The molecule has 0 aliphatic rings. The van der Waals surface area contributed by atoms with Crippen molar-refractivity contribution in [3.63, 3.8) is 0 Å². The van der Waals surface area contributed by atoms with E-state index in [1.807, 2.05) is 24.3 Å². The minimum absolute atomic E-state index is 0.0607. The van der Waals surface area contributed by atoms with E-state index in [9.17, 15) is 9.59 Å². The molecule has 0 aliphatic heterocycles. The van der Waals surface area contributed by atoms with Crippen molar-refractivity contribution >= 4 is 27.9 Å². The summed E-state index contributed by atoms with van der Waals surface area (Å²) in [7, 11) is 0. The molecule has 0 unspecified atom stereocenters. The summed E-state index contributed by atoms with van der Waals surface area (Å²) in [5.74, 6) is -1.69. The maximum atomic E-state index is 11.9. The van der Waals surface area contributed by atoms with E-state index in [1.165, 1.54) is 0 Å². The van der Waals surface area contributed by atoms with Crippen molar-refractivity contribution in [2.24, 2.45) is 0 Å². The first-order valence-electron chi connectivity index (χ1n) is 6.36. The fraction of sp³-hybridized carbons (Fsp3) is 0.467. The number of hydrogen-bond donors (Lipinski definition) is 1. The molecule has 0 heterocycles. The Morgan fingerprint density at radius 2 is 1.75 bits per heavy atom. The molecular weight excluding hydrogens is 324 g/mol. The van der Waals surface area contributed by atoms with Gasteiger partial charge in [0.25, 0.3) is 0 Å². The van der Waals surface area contributed by atoms with Gasteiger partial charge in [-0.25, -0.2) is 0 Å². The second-order valence-electron chi connectivity index (χ2n) is 5.64. The van der Waals surface area contributed by atoms with Crippen LogP contribution < -0.4 is 0 Å². The highest BCUT2D eigenvalue weighted by atomic mass is 79.9. The van der Waals surface area contributed by atoms with Crippen LogP contribution in [0.1, 0.15) is 45.1 Å². The molecule has 0 aromatic heterocycles. The van der Waals surface area contributed by atoms with Crippen molar-refractivity contribution in [3.8, 4) is 0 Å². The second-order valence-corrected chi connectivity index (χ2v) is 6.55. The number of carbonyl (C=O) groups excluding carboxylic acids is 1. The van der Waals surface area contributed by atoms with Crippen LogP contribution in [0.2, 0.25) is 0 Å². The van der Waals surface area contributed by atoms with Crippen LogP contribution in [0.4, 0.5) is 0 Å². The first kappa shape index (κ1) is 16.7. The molecule has 0 amide bonds. The number of carboxylic acid groups (broad SMARTS) is 1. The number of carbonyl (C=O) groups is 2. The summed E-state index contributed by atoms with van der Waals surface area (Å²) in [6.07, 6.45) is -0.0356. The summed E-state index contributed by atoms with van der Waals surface area (Å²) >= 11 is 3.33. The van der Waals surface area contributed by atoms with Crippen molar-refractivity contribution < 1.29 is 19.4 Å². The van der Waals surface area contributed by atoms with E-state index in [2.05, 4.69) is 15.9 Å². The predicted octanol–water partition coefficient (Wildman–Crippen LogP) is 3.74. The average Bonchev–Trinajstić information content (AvgIpc) is 2.25. The van der Waals surface area contributed by atoms with Crippen molar-refractivity contribution in [2.45, 2.75) is 45.1 Å². The molecule has 1 aromatic carbocycles. The number of ether oxygens (including phenoxy) is 1. The lowest BCUT2D eigenvalue weighted by Gasteiger charge is -2.22. The summed E-state index contributed by atoms with van der Waals surface area (Å²) in [5.41, 5.74) is 0.256. The quantitative estimate of drug-likeness (QED) is 0.828. The maximum Gasteiger partial charge on any atom is 0.306 e. The van der Waals surface area contributed by atoms with E-state index in [4.69, 9.17) is 9.84 Å². The highest BCUT2D eigenvalue weighted by Crippen LogP contribution is 2.26. The lowest BCUT2D eigenvalue weighted by atomic mass is 9.92. The van der Waals surface area contributed by atoms with Crippen LogP contribution in [-0.2, 0) is 14.3 Å². The Morgan fingerprint density at radius 3 is 2.20 bits per heavy atom. The van der Waals surface area contributed by atoms with Crippen LogP contribution in [0.3, 0.4) is 0 Å². The monoisotopic (exact) mass is 342 g/mol. The smallest absolute Gasteiger partial charge is 0.306 e. The van der Waals surface area contributed by atoms with E-state index < -0.39 is 11.6 Å². The van der Waals surface area contributed by atoms with Gasteiger partial charge in [-0.1, -0.05) is 28.1 Å². The van der Waals surface area contributed by atoms with Gasteiger partial charge in [-0.3, -0.25) is 9.59 Å². The topological polar surface area (TPSA) is 63.6 Å². The van der Waals surface area contributed by atoms with E-state index in [0.29, 0.717) is 0 Å². The number of esters is 1. The number of hydrogen-bond acceptors (Lipinski definition) is 3. The minimum atomic E-state index is -0.929. The zero-order valence-electron chi connectivity index (χ0n) is 11.9. The van der Waals surface area contributed by atoms with Gasteiger partial charge in [0.05, 0.1) is 12.8 Å². The number of aliphatic carboxylic acids is 1. The van der Waals surface area contributed by atoms with Gasteiger partial charge in [0.2, 0.25) is 0 Å². The predicted molar refractivity (Wildman–Crippen MR) is 79.6 cm³/mol. The number of carboxylic acids is 1. The number of benzene rings is 1.